The largest absolute Gasteiger partial charge is 0.508 e. The Labute approximate surface area is 177 Å². The van der Waals surface area contributed by atoms with Crippen molar-refractivity contribution in [3.63, 3.8) is 0 Å². The van der Waals surface area contributed by atoms with Crippen LogP contribution in [0.4, 0.5) is 25.0 Å². The molecule has 1 aliphatic heterocycles. The molecule has 4 rings (SSSR count). The monoisotopic (exact) mass is 426 g/mol. The lowest BCUT2D eigenvalue weighted by molar-refractivity contribution is 0.0264. The lowest BCUT2D eigenvalue weighted by Gasteiger charge is -2.28. The Kier molecular flexibility index (Phi) is 5.73. The van der Waals surface area contributed by atoms with E-state index in [1.807, 2.05) is 0 Å². The third-order valence-electron chi connectivity index (χ3n) is 5.10. The van der Waals surface area contributed by atoms with Gasteiger partial charge in [-0.05, 0) is 66.2 Å². The Balaban J connectivity index is 1.61. The van der Waals surface area contributed by atoms with Crippen LogP contribution in [0.5, 0.6) is 5.75 Å². The minimum atomic E-state index is -1.11. The number of carbonyl (C=O) groups excluding carboxylic acids is 1. The summed E-state index contributed by atoms with van der Waals surface area (Å²) in [5.74, 6) is -0.770. The second-order valence-corrected chi connectivity index (χ2v) is 7.19. The maximum atomic E-state index is 13.4. The summed E-state index contributed by atoms with van der Waals surface area (Å²) in [7, 11) is 0. The van der Waals surface area contributed by atoms with E-state index in [0.29, 0.717) is 16.9 Å². The highest BCUT2D eigenvalue weighted by Crippen LogP contribution is 2.39. The molecule has 0 aromatic heterocycles. The van der Waals surface area contributed by atoms with Gasteiger partial charge in [-0.2, -0.15) is 0 Å². The number of phenolic OH excluding ortho intramolecular Hbond substituents is 1. The fourth-order valence-corrected chi connectivity index (χ4v) is 3.57. The van der Waals surface area contributed by atoms with Crippen LogP contribution in [-0.4, -0.2) is 35.1 Å². The van der Waals surface area contributed by atoms with Crippen LogP contribution in [0.15, 0.2) is 72.8 Å². The number of amides is 1. The molecule has 3 atom stereocenters. The molecule has 0 saturated carbocycles. The molecule has 0 spiro atoms. The highest BCUT2D eigenvalue weighted by atomic mass is 19.1. The Morgan fingerprint density at radius 1 is 0.935 bits per heavy atom. The van der Waals surface area contributed by atoms with Gasteiger partial charge in [-0.3, -0.25) is 4.90 Å². The smallest absolute Gasteiger partial charge is 0.415 e. The number of aromatic hydroxyl groups is 1. The number of ether oxygens (including phenoxy) is 1. The van der Waals surface area contributed by atoms with Crippen molar-refractivity contribution in [3.05, 3.63) is 90.0 Å². The number of nitrogens with zero attached hydrogens (tertiary/aromatic N) is 1. The number of benzene rings is 3. The van der Waals surface area contributed by atoms with E-state index in [2.05, 4.69) is 5.32 Å². The number of halogens is 2. The summed E-state index contributed by atoms with van der Waals surface area (Å²) in [4.78, 5) is 14.1. The quantitative estimate of drug-likeness (QED) is 0.550. The Morgan fingerprint density at radius 3 is 2.13 bits per heavy atom. The van der Waals surface area contributed by atoms with E-state index in [1.165, 1.54) is 65.6 Å². The molecule has 1 fully saturated rings. The molecular weight excluding hydrogens is 406 g/mol. The topological polar surface area (TPSA) is 82.0 Å². The number of hydrogen-bond acceptors (Lipinski definition) is 5. The lowest BCUT2D eigenvalue weighted by atomic mass is 9.96. The van der Waals surface area contributed by atoms with Crippen molar-refractivity contribution >= 4 is 17.5 Å². The van der Waals surface area contributed by atoms with Gasteiger partial charge in [0.2, 0.25) is 0 Å². The summed E-state index contributed by atoms with van der Waals surface area (Å²) < 4.78 is 32.0. The van der Waals surface area contributed by atoms with E-state index < -0.39 is 30.2 Å². The van der Waals surface area contributed by atoms with Crippen molar-refractivity contribution in [1.29, 1.82) is 0 Å². The van der Waals surface area contributed by atoms with Crippen molar-refractivity contribution in [2.24, 2.45) is 0 Å². The molecule has 31 heavy (non-hydrogen) atoms. The lowest BCUT2D eigenvalue weighted by Crippen LogP contribution is -2.38. The van der Waals surface area contributed by atoms with Gasteiger partial charge >= 0.3 is 6.09 Å². The maximum Gasteiger partial charge on any atom is 0.415 e. The van der Waals surface area contributed by atoms with Gasteiger partial charge in [-0.25, -0.2) is 13.6 Å². The molecule has 3 N–H and O–H groups in total. The maximum absolute atomic E-state index is 13.4. The van der Waals surface area contributed by atoms with Crippen molar-refractivity contribution in [2.75, 3.05) is 16.8 Å². The zero-order valence-corrected chi connectivity index (χ0v) is 16.3. The van der Waals surface area contributed by atoms with E-state index in [9.17, 15) is 23.8 Å². The number of aliphatic hydroxyl groups is 1. The van der Waals surface area contributed by atoms with Crippen LogP contribution in [0, 0.1) is 11.6 Å². The molecule has 8 heteroatoms. The summed E-state index contributed by atoms with van der Waals surface area (Å²) in [5, 5.41) is 23.4. The van der Waals surface area contributed by atoms with Crippen LogP contribution < -0.4 is 10.2 Å². The van der Waals surface area contributed by atoms with Crippen LogP contribution in [0.25, 0.3) is 0 Å². The number of carbonyl (C=O) groups is 1. The fraction of sp³-hybridized carbons (Fsp3) is 0.174. The SMILES string of the molecule is O=C1O[C@H]([C@H](O)CNc2ccc(F)cc2)[C@@H](c2ccc(O)cc2)N1c1ccc(F)cc1. The van der Waals surface area contributed by atoms with Crippen LogP contribution in [0.2, 0.25) is 0 Å². The molecule has 160 valence electrons. The van der Waals surface area contributed by atoms with Crippen molar-refractivity contribution in [2.45, 2.75) is 18.2 Å². The highest BCUT2D eigenvalue weighted by Gasteiger charge is 2.47. The van der Waals surface area contributed by atoms with Crippen molar-refractivity contribution in [3.8, 4) is 5.75 Å². The molecule has 3 aromatic rings. The molecular formula is C23H20F2N2O4. The molecule has 1 saturated heterocycles. The van der Waals surface area contributed by atoms with Gasteiger partial charge in [0.05, 0.1) is 0 Å². The summed E-state index contributed by atoms with van der Waals surface area (Å²) in [6.07, 6.45) is -2.75. The zero-order valence-electron chi connectivity index (χ0n) is 16.3. The molecule has 0 radical (unpaired) electrons. The predicted octanol–water partition coefficient (Wildman–Crippen LogP) is 4.21. The summed E-state index contributed by atoms with van der Waals surface area (Å²) in [6, 6.07) is 16.5. The van der Waals surface area contributed by atoms with Gasteiger partial charge in [-0.15, -0.1) is 0 Å². The number of rotatable bonds is 6. The van der Waals surface area contributed by atoms with Gasteiger partial charge in [0.1, 0.15) is 29.5 Å². The standard InChI is InChI=1S/C23H20F2N2O4/c24-15-3-7-17(8-4-15)26-13-20(29)22-21(14-1-11-19(28)12-2-14)27(23(30)31-22)18-9-5-16(25)6-10-18/h1-12,20-22,26,28-29H,13H2/t20-,21-,22-/m1/s1. The first-order valence-electron chi connectivity index (χ1n) is 9.64. The summed E-state index contributed by atoms with van der Waals surface area (Å²) in [5.41, 5.74) is 1.63. The number of nitrogens with one attached hydrogen (secondary N) is 1. The van der Waals surface area contributed by atoms with Crippen LogP contribution in [0.3, 0.4) is 0 Å². The fourth-order valence-electron chi connectivity index (χ4n) is 3.57. The van der Waals surface area contributed by atoms with E-state index >= 15 is 0 Å². The summed E-state index contributed by atoms with van der Waals surface area (Å²) >= 11 is 0. The van der Waals surface area contributed by atoms with Crippen molar-refractivity contribution < 1.29 is 28.5 Å². The second kappa shape index (κ2) is 8.61. The molecule has 0 aliphatic carbocycles. The second-order valence-electron chi connectivity index (χ2n) is 7.19. The first-order chi connectivity index (χ1) is 14.9. The number of anilines is 2. The van der Waals surface area contributed by atoms with Crippen LogP contribution >= 0.6 is 0 Å². The Morgan fingerprint density at radius 2 is 1.52 bits per heavy atom. The highest BCUT2D eigenvalue weighted by molar-refractivity contribution is 5.91. The normalized spacial score (nSPS) is 19.2. The van der Waals surface area contributed by atoms with Crippen LogP contribution in [-0.2, 0) is 4.74 Å². The first-order valence-corrected chi connectivity index (χ1v) is 9.64. The molecule has 1 heterocycles. The minimum absolute atomic E-state index is 0.0371. The molecule has 1 aliphatic rings. The van der Waals surface area contributed by atoms with Gasteiger partial charge in [0.25, 0.3) is 0 Å². The number of hydrogen-bond donors (Lipinski definition) is 3. The average molecular weight is 426 g/mol. The third kappa shape index (κ3) is 4.44. The van der Waals surface area contributed by atoms with Gasteiger partial charge in [-0.1, -0.05) is 12.1 Å². The summed E-state index contributed by atoms with van der Waals surface area (Å²) in [6.45, 7) is 0.0371. The van der Waals surface area contributed by atoms with Crippen molar-refractivity contribution in [1.82, 2.24) is 0 Å². The third-order valence-corrected chi connectivity index (χ3v) is 5.10. The van der Waals surface area contributed by atoms with E-state index in [4.69, 9.17) is 4.74 Å². The number of phenols is 1. The minimum Gasteiger partial charge on any atom is -0.508 e. The Bertz CT molecular complexity index is 1040. The van der Waals surface area contributed by atoms with Gasteiger partial charge in [0, 0.05) is 17.9 Å². The number of cyclic esters (lactones) is 1. The molecule has 0 unspecified atom stereocenters. The Hall–Kier alpha value is -3.65. The van der Waals surface area contributed by atoms with Gasteiger partial charge < -0.3 is 20.3 Å². The zero-order chi connectivity index (χ0) is 22.0. The van der Waals surface area contributed by atoms with E-state index in [1.54, 1.807) is 12.1 Å². The van der Waals surface area contributed by atoms with E-state index in [-0.39, 0.29) is 18.1 Å². The van der Waals surface area contributed by atoms with Gasteiger partial charge in [0.15, 0.2) is 6.10 Å². The molecule has 1 amide bonds. The van der Waals surface area contributed by atoms with E-state index in [0.717, 1.165) is 0 Å². The average Bonchev–Trinajstić information content (AvgIpc) is 3.11. The van der Waals surface area contributed by atoms with Crippen LogP contribution in [0.1, 0.15) is 11.6 Å². The molecule has 6 nitrogen and oxygen atoms in total. The predicted molar refractivity (Wildman–Crippen MR) is 111 cm³/mol. The number of aliphatic hydroxyl groups excluding tert-OH is 1. The molecule has 0 bridgehead atoms. The molecule has 3 aromatic carbocycles. The first kappa shape index (κ1) is 20.6.